The first-order valence-corrected chi connectivity index (χ1v) is 7.69. The molecule has 0 aliphatic heterocycles. The van der Waals surface area contributed by atoms with E-state index in [1.807, 2.05) is 20.9 Å². The molecule has 0 saturated carbocycles. The summed E-state index contributed by atoms with van der Waals surface area (Å²) < 4.78 is 44.0. The van der Waals surface area contributed by atoms with Crippen molar-refractivity contribution >= 4 is 11.5 Å². The van der Waals surface area contributed by atoms with Crippen LogP contribution in [0.5, 0.6) is 5.75 Å². The lowest BCUT2D eigenvalue weighted by Crippen LogP contribution is -2.04. The number of benzene rings is 1. The van der Waals surface area contributed by atoms with Crippen LogP contribution in [-0.2, 0) is 7.05 Å². The van der Waals surface area contributed by atoms with Gasteiger partial charge < -0.3 is 10.1 Å². The first-order valence-electron chi connectivity index (χ1n) is 7.69. The quantitative estimate of drug-likeness (QED) is 0.743. The molecule has 3 aromatic rings. The molecule has 2 heterocycles. The molecular weight excluding hydrogens is 347 g/mol. The van der Waals surface area contributed by atoms with Crippen molar-refractivity contribution in [3.8, 4) is 17.0 Å². The summed E-state index contributed by atoms with van der Waals surface area (Å²) in [5.41, 5.74) is 3.58. The molecule has 0 aliphatic carbocycles. The van der Waals surface area contributed by atoms with E-state index in [1.165, 1.54) is 12.3 Å². The Morgan fingerprint density at radius 2 is 1.96 bits per heavy atom. The van der Waals surface area contributed by atoms with E-state index in [4.69, 9.17) is 0 Å². The minimum absolute atomic E-state index is 0.329. The topological polar surface area (TPSA) is 64.9 Å². The zero-order chi connectivity index (χ0) is 18.8. The van der Waals surface area contributed by atoms with Crippen molar-refractivity contribution in [1.82, 2.24) is 19.7 Å². The molecule has 136 valence electrons. The number of alkyl halides is 2. The second kappa shape index (κ2) is 7.03. The maximum absolute atomic E-state index is 13.8. The van der Waals surface area contributed by atoms with Crippen molar-refractivity contribution < 1.29 is 17.9 Å². The molecule has 9 heteroatoms. The van der Waals surface area contributed by atoms with Crippen molar-refractivity contribution in [3.05, 3.63) is 47.8 Å². The molecule has 0 unspecified atom stereocenters. The Bertz CT molecular complexity index is 942. The smallest absolute Gasteiger partial charge is 0.387 e. The molecular formula is C17H16F3N5O. The number of ether oxygens (including phenoxy) is 1. The Labute approximate surface area is 147 Å². The molecule has 1 N–H and O–H groups in total. The number of rotatable bonds is 5. The van der Waals surface area contributed by atoms with E-state index in [-0.39, 0.29) is 0 Å². The maximum atomic E-state index is 13.8. The van der Waals surface area contributed by atoms with Crippen molar-refractivity contribution in [3.63, 3.8) is 0 Å². The van der Waals surface area contributed by atoms with Gasteiger partial charge in [-0.2, -0.15) is 13.9 Å². The van der Waals surface area contributed by atoms with Gasteiger partial charge in [-0.05, 0) is 26.0 Å². The van der Waals surface area contributed by atoms with Crippen LogP contribution in [0.4, 0.5) is 24.7 Å². The first kappa shape index (κ1) is 17.7. The van der Waals surface area contributed by atoms with E-state index in [0.29, 0.717) is 17.2 Å². The van der Waals surface area contributed by atoms with Gasteiger partial charge in [-0.25, -0.2) is 9.37 Å². The third-order valence-corrected chi connectivity index (χ3v) is 3.82. The van der Waals surface area contributed by atoms with Crippen LogP contribution in [0.25, 0.3) is 11.3 Å². The van der Waals surface area contributed by atoms with Gasteiger partial charge in [0.15, 0.2) is 11.6 Å². The lowest BCUT2D eigenvalue weighted by molar-refractivity contribution is -0.0521. The summed E-state index contributed by atoms with van der Waals surface area (Å²) in [5, 5.41) is 7.25. The first-order chi connectivity index (χ1) is 12.3. The van der Waals surface area contributed by atoms with Gasteiger partial charge in [0.1, 0.15) is 5.82 Å². The number of halogens is 3. The summed E-state index contributed by atoms with van der Waals surface area (Å²) in [7, 11) is 1.84. The minimum Gasteiger partial charge on any atom is -0.432 e. The molecule has 0 fully saturated rings. The van der Waals surface area contributed by atoms with E-state index in [0.717, 1.165) is 29.1 Å². The van der Waals surface area contributed by atoms with E-state index in [2.05, 4.69) is 25.1 Å². The number of hydrogen-bond acceptors (Lipinski definition) is 5. The number of hydrogen-bond donors (Lipinski definition) is 1. The molecule has 0 amide bonds. The van der Waals surface area contributed by atoms with Gasteiger partial charge in [0.05, 0.1) is 23.8 Å². The number of aryl methyl sites for hydroxylation is 2. The van der Waals surface area contributed by atoms with Crippen LogP contribution in [0, 0.1) is 19.7 Å². The predicted octanol–water partition coefficient (Wildman–Crippen LogP) is 3.98. The van der Waals surface area contributed by atoms with E-state index in [9.17, 15) is 13.2 Å². The molecule has 1 aromatic carbocycles. The van der Waals surface area contributed by atoms with Gasteiger partial charge in [-0.15, -0.1) is 0 Å². The monoisotopic (exact) mass is 363 g/mol. The molecule has 0 spiro atoms. The lowest BCUT2D eigenvalue weighted by atomic mass is 10.1. The Morgan fingerprint density at radius 3 is 2.58 bits per heavy atom. The molecule has 3 rings (SSSR count). The summed E-state index contributed by atoms with van der Waals surface area (Å²) in [6, 6.07) is 3.58. The third kappa shape index (κ3) is 3.61. The standard InChI is InChI=1S/C17H16F3N5O/c1-9-16(10(2)25(3)24-9)13-7-21-8-15(23-13)22-11-4-5-14(12(18)6-11)26-17(19)20/h4-8,17H,1-3H3,(H,22,23). The van der Waals surface area contributed by atoms with Crippen LogP contribution in [0.2, 0.25) is 0 Å². The van der Waals surface area contributed by atoms with Crippen LogP contribution in [0.3, 0.4) is 0 Å². The normalized spacial score (nSPS) is 11.0. The van der Waals surface area contributed by atoms with E-state index < -0.39 is 18.2 Å². The summed E-state index contributed by atoms with van der Waals surface area (Å²) in [6.45, 7) is 0.715. The molecule has 0 radical (unpaired) electrons. The highest BCUT2D eigenvalue weighted by molar-refractivity contribution is 5.66. The highest BCUT2D eigenvalue weighted by Gasteiger charge is 2.14. The zero-order valence-corrected chi connectivity index (χ0v) is 14.3. The van der Waals surface area contributed by atoms with Crippen LogP contribution >= 0.6 is 0 Å². The fourth-order valence-corrected chi connectivity index (χ4v) is 2.61. The lowest BCUT2D eigenvalue weighted by Gasteiger charge is -2.10. The average molecular weight is 363 g/mol. The van der Waals surface area contributed by atoms with Gasteiger partial charge in [-0.3, -0.25) is 9.67 Å². The molecule has 0 aliphatic rings. The Morgan fingerprint density at radius 1 is 1.19 bits per heavy atom. The Kier molecular flexibility index (Phi) is 4.79. The van der Waals surface area contributed by atoms with Gasteiger partial charge in [0.25, 0.3) is 0 Å². The molecule has 0 bridgehead atoms. The summed E-state index contributed by atoms with van der Waals surface area (Å²) in [4.78, 5) is 8.62. The fraction of sp³-hybridized carbons (Fsp3) is 0.235. The van der Waals surface area contributed by atoms with Crippen molar-refractivity contribution in [2.24, 2.45) is 7.05 Å². The highest BCUT2D eigenvalue weighted by atomic mass is 19.3. The van der Waals surface area contributed by atoms with Gasteiger partial charge in [0, 0.05) is 30.1 Å². The van der Waals surface area contributed by atoms with Gasteiger partial charge in [0.2, 0.25) is 0 Å². The average Bonchev–Trinajstić information content (AvgIpc) is 2.82. The number of nitrogens with one attached hydrogen (secondary N) is 1. The summed E-state index contributed by atoms with van der Waals surface area (Å²) in [6.07, 6.45) is 3.09. The van der Waals surface area contributed by atoms with Gasteiger partial charge >= 0.3 is 6.61 Å². The van der Waals surface area contributed by atoms with E-state index in [1.54, 1.807) is 10.9 Å². The largest absolute Gasteiger partial charge is 0.432 e. The second-order valence-corrected chi connectivity index (χ2v) is 5.61. The number of aromatic nitrogens is 4. The SMILES string of the molecule is Cc1nn(C)c(C)c1-c1cncc(Nc2ccc(OC(F)F)c(F)c2)n1. The second-order valence-electron chi connectivity index (χ2n) is 5.61. The van der Waals surface area contributed by atoms with Crippen molar-refractivity contribution in [2.75, 3.05) is 5.32 Å². The van der Waals surface area contributed by atoms with Crippen LogP contribution in [0.1, 0.15) is 11.4 Å². The fourth-order valence-electron chi connectivity index (χ4n) is 2.61. The van der Waals surface area contributed by atoms with Gasteiger partial charge in [-0.1, -0.05) is 0 Å². The van der Waals surface area contributed by atoms with Crippen LogP contribution in [0.15, 0.2) is 30.6 Å². The summed E-state index contributed by atoms with van der Waals surface area (Å²) in [5.74, 6) is -1.04. The molecule has 6 nitrogen and oxygen atoms in total. The zero-order valence-electron chi connectivity index (χ0n) is 14.3. The Hall–Kier alpha value is -3.10. The Balaban J connectivity index is 1.86. The molecule has 2 aromatic heterocycles. The van der Waals surface area contributed by atoms with Crippen molar-refractivity contribution in [1.29, 1.82) is 0 Å². The highest BCUT2D eigenvalue weighted by Crippen LogP contribution is 2.27. The van der Waals surface area contributed by atoms with E-state index >= 15 is 0 Å². The summed E-state index contributed by atoms with van der Waals surface area (Å²) >= 11 is 0. The number of anilines is 2. The number of nitrogens with zero attached hydrogens (tertiary/aromatic N) is 4. The third-order valence-electron chi connectivity index (χ3n) is 3.82. The van der Waals surface area contributed by atoms with Crippen molar-refractivity contribution in [2.45, 2.75) is 20.5 Å². The molecule has 0 atom stereocenters. The maximum Gasteiger partial charge on any atom is 0.387 e. The minimum atomic E-state index is -3.09. The predicted molar refractivity (Wildman–Crippen MR) is 90.0 cm³/mol. The van der Waals surface area contributed by atoms with Crippen LogP contribution < -0.4 is 10.1 Å². The van der Waals surface area contributed by atoms with Crippen LogP contribution in [-0.4, -0.2) is 26.4 Å². The molecule has 26 heavy (non-hydrogen) atoms. The molecule has 0 saturated heterocycles.